The summed E-state index contributed by atoms with van der Waals surface area (Å²) >= 11 is 0. The van der Waals surface area contributed by atoms with Crippen LogP contribution in [0, 0.1) is 0 Å². The molecule has 2 N–H and O–H groups in total. The summed E-state index contributed by atoms with van der Waals surface area (Å²) in [5.74, 6) is 1.67. The highest BCUT2D eigenvalue weighted by molar-refractivity contribution is 5.74. The highest BCUT2D eigenvalue weighted by atomic mass is 16.5. The number of hydrogen-bond acceptors (Lipinski definition) is 8. The molecule has 0 aliphatic heterocycles. The van der Waals surface area contributed by atoms with Crippen LogP contribution in [-0.4, -0.2) is 63.9 Å². The van der Waals surface area contributed by atoms with Gasteiger partial charge in [-0.25, -0.2) is 4.79 Å². The monoisotopic (exact) mass is 447 g/mol. The standard InChI is InChI=1S/C21H29N5O6/c1-24-18-17(19(28)25(2)21(24)29)26(20(23-18)22-10-5-11-30-3)12-14(27)13-32-16-8-6-15(31-4)7-9-16/h6-9,14,27H,5,10-13H2,1-4H3,(H,22,23)/t14-/m0/s1. The Bertz CT molecular complexity index is 1160. The molecule has 1 atom stereocenters. The van der Waals surface area contributed by atoms with Gasteiger partial charge >= 0.3 is 5.69 Å². The van der Waals surface area contributed by atoms with Crippen molar-refractivity contribution in [1.82, 2.24) is 18.7 Å². The number of nitrogens with zero attached hydrogens (tertiary/aromatic N) is 4. The molecule has 3 aromatic rings. The number of hydrogen-bond donors (Lipinski definition) is 2. The van der Waals surface area contributed by atoms with E-state index in [-0.39, 0.29) is 24.3 Å². The van der Waals surface area contributed by atoms with Gasteiger partial charge in [-0.15, -0.1) is 0 Å². The quantitative estimate of drug-likeness (QED) is 0.404. The molecular weight excluding hydrogens is 418 g/mol. The fourth-order valence-corrected chi connectivity index (χ4v) is 3.30. The lowest BCUT2D eigenvalue weighted by Crippen LogP contribution is -2.38. The fourth-order valence-electron chi connectivity index (χ4n) is 3.30. The van der Waals surface area contributed by atoms with Crippen LogP contribution >= 0.6 is 0 Å². The zero-order valence-corrected chi connectivity index (χ0v) is 18.7. The molecule has 0 fully saturated rings. The molecule has 174 valence electrons. The van der Waals surface area contributed by atoms with Gasteiger partial charge in [0.1, 0.15) is 24.2 Å². The average Bonchev–Trinajstić information content (AvgIpc) is 3.16. The number of anilines is 1. The molecule has 11 heteroatoms. The van der Waals surface area contributed by atoms with Crippen LogP contribution in [0.25, 0.3) is 11.2 Å². The highest BCUT2D eigenvalue weighted by Gasteiger charge is 2.21. The first kappa shape index (κ1) is 23.4. The van der Waals surface area contributed by atoms with Gasteiger partial charge in [-0.05, 0) is 30.7 Å². The summed E-state index contributed by atoms with van der Waals surface area (Å²) in [5, 5.41) is 13.8. The number of nitrogens with one attached hydrogen (secondary N) is 1. The number of ether oxygens (including phenoxy) is 3. The fraction of sp³-hybridized carbons (Fsp3) is 0.476. The van der Waals surface area contributed by atoms with E-state index in [1.807, 2.05) is 0 Å². The van der Waals surface area contributed by atoms with Crippen LogP contribution in [0.4, 0.5) is 5.95 Å². The number of imidazole rings is 1. The molecule has 0 unspecified atom stereocenters. The number of aliphatic hydroxyl groups is 1. The summed E-state index contributed by atoms with van der Waals surface area (Å²) in [5.41, 5.74) is -0.478. The third-order valence-electron chi connectivity index (χ3n) is 5.05. The molecule has 11 nitrogen and oxygen atoms in total. The molecule has 2 aromatic heterocycles. The number of aromatic nitrogens is 4. The van der Waals surface area contributed by atoms with Crippen molar-refractivity contribution in [3.05, 3.63) is 45.1 Å². The minimum atomic E-state index is -0.934. The van der Waals surface area contributed by atoms with Crippen molar-refractivity contribution in [2.24, 2.45) is 14.1 Å². The Morgan fingerprint density at radius 2 is 1.78 bits per heavy atom. The highest BCUT2D eigenvalue weighted by Crippen LogP contribution is 2.19. The molecule has 0 saturated carbocycles. The Hall–Kier alpha value is -3.31. The Labute approximate surface area is 184 Å². The second kappa shape index (κ2) is 10.3. The molecule has 0 aliphatic carbocycles. The Balaban J connectivity index is 1.86. The zero-order chi connectivity index (χ0) is 23.3. The molecule has 0 spiro atoms. The van der Waals surface area contributed by atoms with E-state index >= 15 is 0 Å². The SMILES string of the molecule is COCCCNc1nc2c(c(=O)n(C)c(=O)n2C)n1C[C@H](O)COc1ccc(OC)cc1. The van der Waals surface area contributed by atoms with Gasteiger partial charge in [-0.2, -0.15) is 4.98 Å². The van der Waals surface area contributed by atoms with Crippen LogP contribution < -0.4 is 26.0 Å². The van der Waals surface area contributed by atoms with Gasteiger partial charge in [0.15, 0.2) is 11.2 Å². The van der Waals surface area contributed by atoms with E-state index in [1.165, 1.54) is 11.6 Å². The van der Waals surface area contributed by atoms with E-state index in [9.17, 15) is 14.7 Å². The number of methoxy groups -OCH3 is 2. The Morgan fingerprint density at radius 1 is 1.09 bits per heavy atom. The minimum absolute atomic E-state index is 0.00119. The Kier molecular flexibility index (Phi) is 7.54. The van der Waals surface area contributed by atoms with Crippen molar-refractivity contribution in [3.8, 4) is 11.5 Å². The minimum Gasteiger partial charge on any atom is -0.497 e. The molecule has 0 amide bonds. The van der Waals surface area contributed by atoms with E-state index in [2.05, 4.69) is 10.3 Å². The third-order valence-corrected chi connectivity index (χ3v) is 5.05. The van der Waals surface area contributed by atoms with Crippen molar-refractivity contribution in [2.45, 2.75) is 19.1 Å². The lowest BCUT2D eigenvalue weighted by molar-refractivity contribution is 0.0938. The lowest BCUT2D eigenvalue weighted by atomic mass is 10.3. The molecule has 32 heavy (non-hydrogen) atoms. The van der Waals surface area contributed by atoms with Gasteiger partial charge in [0.2, 0.25) is 5.95 Å². The van der Waals surface area contributed by atoms with Gasteiger partial charge in [0.05, 0.1) is 13.7 Å². The van der Waals surface area contributed by atoms with Crippen LogP contribution in [0.15, 0.2) is 33.9 Å². The van der Waals surface area contributed by atoms with Gasteiger partial charge in [-0.1, -0.05) is 0 Å². The van der Waals surface area contributed by atoms with Crippen molar-refractivity contribution < 1.29 is 19.3 Å². The summed E-state index contributed by atoms with van der Waals surface area (Å²) in [7, 11) is 6.17. The van der Waals surface area contributed by atoms with Crippen molar-refractivity contribution >= 4 is 17.1 Å². The molecule has 0 radical (unpaired) electrons. The second-order valence-electron chi connectivity index (χ2n) is 7.34. The maximum atomic E-state index is 12.8. The molecule has 3 rings (SSSR count). The maximum absolute atomic E-state index is 12.8. The first-order valence-electron chi connectivity index (χ1n) is 10.2. The summed E-state index contributed by atoms with van der Waals surface area (Å²) in [6, 6.07) is 7.01. The van der Waals surface area contributed by atoms with Gasteiger partial charge < -0.3 is 29.2 Å². The first-order valence-corrected chi connectivity index (χ1v) is 10.2. The van der Waals surface area contributed by atoms with Crippen LogP contribution in [0.2, 0.25) is 0 Å². The molecular formula is C21H29N5O6. The average molecular weight is 447 g/mol. The van der Waals surface area contributed by atoms with E-state index in [1.54, 1.807) is 50.1 Å². The van der Waals surface area contributed by atoms with E-state index in [4.69, 9.17) is 14.2 Å². The predicted molar refractivity (Wildman–Crippen MR) is 120 cm³/mol. The number of aryl methyl sites for hydroxylation is 1. The predicted octanol–water partition coefficient (Wildman–Crippen LogP) is 0.331. The first-order chi connectivity index (χ1) is 15.4. The molecule has 0 bridgehead atoms. The van der Waals surface area contributed by atoms with E-state index in [0.717, 1.165) is 11.0 Å². The van der Waals surface area contributed by atoms with Gasteiger partial charge in [0, 0.05) is 34.4 Å². The Morgan fingerprint density at radius 3 is 2.44 bits per heavy atom. The van der Waals surface area contributed by atoms with E-state index in [0.29, 0.717) is 30.6 Å². The van der Waals surface area contributed by atoms with Gasteiger partial charge in [0.25, 0.3) is 5.56 Å². The van der Waals surface area contributed by atoms with Crippen molar-refractivity contribution in [2.75, 3.05) is 39.3 Å². The molecule has 1 aromatic carbocycles. The number of fused-ring (bicyclic) bond motifs is 1. The second-order valence-corrected chi connectivity index (χ2v) is 7.34. The molecule has 0 saturated heterocycles. The van der Waals surface area contributed by atoms with Crippen LogP contribution in [0.5, 0.6) is 11.5 Å². The van der Waals surface area contributed by atoms with Crippen LogP contribution in [-0.2, 0) is 25.4 Å². The van der Waals surface area contributed by atoms with Crippen LogP contribution in [0.1, 0.15) is 6.42 Å². The topological polar surface area (TPSA) is 122 Å². The summed E-state index contributed by atoms with van der Waals surface area (Å²) < 4.78 is 19.8. The van der Waals surface area contributed by atoms with E-state index < -0.39 is 17.4 Å². The van der Waals surface area contributed by atoms with Crippen molar-refractivity contribution in [3.63, 3.8) is 0 Å². The molecule has 0 aliphatic rings. The van der Waals surface area contributed by atoms with Crippen LogP contribution in [0.3, 0.4) is 0 Å². The number of aliphatic hydroxyl groups excluding tert-OH is 1. The zero-order valence-electron chi connectivity index (χ0n) is 18.7. The normalized spacial score (nSPS) is 12.2. The summed E-state index contributed by atoms with van der Waals surface area (Å²) in [6.07, 6.45) is -0.212. The number of rotatable bonds is 11. The maximum Gasteiger partial charge on any atom is 0.332 e. The lowest BCUT2D eigenvalue weighted by Gasteiger charge is -2.16. The van der Waals surface area contributed by atoms with Crippen molar-refractivity contribution in [1.29, 1.82) is 0 Å². The largest absolute Gasteiger partial charge is 0.497 e. The third kappa shape index (κ3) is 4.94. The smallest absolute Gasteiger partial charge is 0.332 e. The molecule has 2 heterocycles. The summed E-state index contributed by atoms with van der Waals surface area (Å²) in [4.78, 5) is 29.6. The number of benzene rings is 1. The van der Waals surface area contributed by atoms with Gasteiger partial charge in [-0.3, -0.25) is 13.9 Å². The summed E-state index contributed by atoms with van der Waals surface area (Å²) in [6.45, 7) is 1.16.